The number of halogens is 1. The highest BCUT2D eigenvalue weighted by Gasteiger charge is 2.44. The molecule has 0 fully saturated rings. The molecule has 7 rings (SSSR count). The molecule has 1 aromatic heterocycles. The van der Waals surface area contributed by atoms with Crippen molar-refractivity contribution >= 4 is 46.3 Å². The molecule has 2 aliphatic rings. The van der Waals surface area contributed by atoms with Gasteiger partial charge < -0.3 is 25.0 Å². The minimum atomic E-state index is -0.943. The number of allylic oxidation sites excluding steroid dienone is 1. The topological polar surface area (TPSA) is 113 Å². The standard InChI is InChI=1S/C42H39ClN4O5/c1-42(2)24-33-39(36(49)25-42)41(31-18-17-30(23-32(31)43)52-26-27-9-4-3-5-10-27)47(34-11-8-12-35(48)40(34)45-33)38(51)20-19-37(50)44-28-13-15-29(16-14-28)46-21-6-7-22-46/h3-18,21-23,41,45,48H,19-20,24-26H2,1-2H3,(H,44,50)/t41-/m1/s1. The summed E-state index contributed by atoms with van der Waals surface area (Å²) in [6, 6.07) is 30.3. The molecule has 0 bridgehead atoms. The van der Waals surface area contributed by atoms with Crippen molar-refractivity contribution in [3.8, 4) is 17.2 Å². The number of phenolic OH excluding ortho intramolecular Hbond substituents is 1. The number of carbonyl (C=O) groups is 3. The first-order valence-electron chi connectivity index (χ1n) is 17.2. The van der Waals surface area contributed by atoms with Gasteiger partial charge in [0.1, 0.15) is 23.8 Å². The maximum Gasteiger partial charge on any atom is 0.228 e. The number of aromatic nitrogens is 1. The first kappa shape index (κ1) is 34.6. The van der Waals surface area contributed by atoms with Crippen molar-refractivity contribution in [2.45, 2.75) is 52.2 Å². The Morgan fingerprint density at radius 3 is 2.40 bits per heavy atom. The summed E-state index contributed by atoms with van der Waals surface area (Å²) >= 11 is 7.04. The number of Topliss-reactive ketones (excluding diaryl/α,β-unsaturated/α-hetero) is 1. The third-order valence-corrected chi connectivity index (χ3v) is 9.74. The molecule has 0 spiro atoms. The number of para-hydroxylation sites is 1. The zero-order chi connectivity index (χ0) is 36.4. The summed E-state index contributed by atoms with van der Waals surface area (Å²) in [7, 11) is 0. The number of nitrogens with zero attached hydrogens (tertiary/aromatic N) is 2. The molecule has 2 heterocycles. The molecule has 5 aromatic rings. The molecular weight excluding hydrogens is 676 g/mol. The molecular formula is C42H39ClN4O5. The number of carbonyl (C=O) groups excluding carboxylic acids is 3. The van der Waals surface area contributed by atoms with Crippen molar-refractivity contribution in [3.05, 3.63) is 143 Å². The van der Waals surface area contributed by atoms with Gasteiger partial charge in [-0.15, -0.1) is 0 Å². The Hall–Kier alpha value is -5.80. The lowest BCUT2D eigenvalue weighted by molar-refractivity contribution is -0.123. The molecule has 1 aliphatic carbocycles. The van der Waals surface area contributed by atoms with Crippen LogP contribution in [0.2, 0.25) is 5.02 Å². The second-order valence-corrected chi connectivity index (χ2v) is 14.3. The third-order valence-electron chi connectivity index (χ3n) is 9.41. The molecule has 2 amide bonds. The number of benzene rings is 4. The Labute approximate surface area is 307 Å². The molecule has 0 saturated heterocycles. The summed E-state index contributed by atoms with van der Waals surface area (Å²) < 4.78 is 8.01. The van der Waals surface area contributed by atoms with Gasteiger partial charge in [0.25, 0.3) is 0 Å². The first-order valence-corrected chi connectivity index (χ1v) is 17.6. The molecule has 0 unspecified atom stereocenters. The fraction of sp³-hybridized carbons (Fsp3) is 0.214. The minimum absolute atomic E-state index is 0.0736. The largest absolute Gasteiger partial charge is 0.506 e. The smallest absolute Gasteiger partial charge is 0.228 e. The zero-order valence-corrected chi connectivity index (χ0v) is 29.7. The van der Waals surface area contributed by atoms with Crippen molar-refractivity contribution in [1.29, 1.82) is 0 Å². The Morgan fingerprint density at radius 1 is 0.923 bits per heavy atom. The summed E-state index contributed by atoms with van der Waals surface area (Å²) in [6.45, 7) is 4.37. The SMILES string of the molecule is CC1(C)CC(=O)C2=C(C1)Nc1c(O)cccc1N(C(=O)CCC(=O)Nc1ccc(-n3cccc3)cc1)[C@@H]2c1ccc(OCc2ccccc2)cc1Cl. The average Bonchev–Trinajstić information content (AvgIpc) is 3.61. The number of phenols is 1. The summed E-state index contributed by atoms with van der Waals surface area (Å²) in [5, 5.41) is 17.7. The summed E-state index contributed by atoms with van der Waals surface area (Å²) in [4.78, 5) is 43.4. The van der Waals surface area contributed by atoms with E-state index in [1.165, 1.54) is 11.0 Å². The van der Waals surface area contributed by atoms with Crippen LogP contribution in [-0.2, 0) is 21.0 Å². The van der Waals surface area contributed by atoms with E-state index in [1.54, 1.807) is 30.3 Å². The molecule has 52 heavy (non-hydrogen) atoms. The third kappa shape index (κ3) is 7.31. The van der Waals surface area contributed by atoms with Crippen molar-refractivity contribution < 1.29 is 24.2 Å². The van der Waals surface area contributed by atoms with E-state index < -0.39 is 11.9 Å². The average molecular weight is 715 g/mol. The Balaban J connectivity index is 1.21. The van der Waals surface area contributed by atoms with Gasteiger partial charge in [0.15, 0.2) is 5.78 Å². The molecule has 0 saturated carbocycles. The van der Waals surface area contributed by atoms with Crippen molar-refractivity contribution in [2.75, 3.05) is 15.5 Å². The quantitative estimate of drug-likeness (QED) is 0.131. The van der Waals surface area contributed by atoms with Gasteiger partial charge in [0, 0.05) is 59.3 Å². The van der Waals surface area contributed by atoms with Gasteiger partial charge in [-0.1, -0.05) is 67.9 Å². The fourth-order valence-electron chi connectivity index (χ4n) is 6.96. The predicted octanol–water partition coefficient (Wildman–Crippen LogP) is 8.98. The van der Waals surface area contributed by atoms with E-state index in [-0.39, 0.29) is 42.1 Å². The lowest BCUT2D eigenvalue weighted by atomic mass is 9.73. The number of aromatic hydroxyl groups is 1. The van der Waals surface area contributed by atoms with Crippen LogP contribution in [0.5, 0.6) is 11.5 Å². The van der Waals surface area contributed by atoms with E-state index in [0.717, 1.165) is 11.3 Å². The first-order chi connectivity index (χ1) is 25.1. The van der Waals surface area contributed by atoms with E-state index in [2.05, 4.69) is 10.6 Å². The fourth-order valence-corrected chi connectivity index (χ4v) is 7.23. The van der Waals surface area contributed by atoms with Crippen LogP contribution in [0.15, 0.2) is 127 Å². The Kier molecular flexibility index (Phi) is 9.62. The van der Waals surface area contributed by atoms with Crippen LogP contribution in [0.4, 0.5) is 17.1 Å². The molecule has 1 atom stereocenters. The molecule has 4 aromatic carbocycles. The molecule has 0 radical (unpaired) electrons. The van der Waals surface area contributed by atoms with Gasteiger partial charge in [-0.3, -0.25) is 19.3 Å². The van der Waals surface area contributed by atoms with Crippen LogP contribution in [0.25, 0.3) is 5.69 Å². The van der Waals surface area contributed by atoms with Gasteiger partial charge in [-0.05, 0) is 83.6 Å². The number of ketones is 1. The molecule has 10 heteroatoms. The summed E-state index contributed by atoms with van der Waals surface area (Å²) in [5.74, 6) is -0.422. The van der Waals surface area contributed by atoms with Crippen molar-refractivity contribution in [3.63, 3.8) is 0 Å². The Morgan fingerprint density at radius 2 is 1.67 bits per heavy atom. The maximum absolute atomic E-state index is 14.5. The molecule has 3 N–H and O–H groups in total. The van der Waals surface area contributed by atoms with Crippen LogP contribution in [0.1, 0.15) is 56.7 Å². The zero-order valence-electron chi connectivity index (χ0n) is 28.9. The van der Waals surface area contributed by atoms with E-state index in [4.69, 9.17) is 16.3 Å². The van der Waals surface area contributed by atoms with Gasteiger partial charge in [-0.2, -0.15) is 0 Å². The van der Waals surface area contributed by atoms with E-state index >= 15 is 0 Å². The van der Waals surface area contributed by atoms with E-state index in [1.807, 2.05) is 97.5 Å². The lowest BCUT2D eigenvalue weighted by Gasteiger charge is -2.37. The molecule has 264 valence electrons. The van der Waals surface area contributed by atoms with Gasteiger partial charge >= 0.3 is 0 Å². The predicted molar refractivity (Wildman–Crippen MR) is 203 cm³/mol. The van der Waals surface area contributed by atoms with Crippen LogP contribution in [0, 0.1) is 5.41 Å². The highest BCUT2D eigenvalue weighted by Crippen LogP contribution is 2.51. The van der Waals surface area contributed by atoms with E-state index in [9.17, 15) is 19.5 Å². The minimum Gasteiger partial charge on any atom is -0.506 e. The van der Waals surface area contributed by atoms with Crippen LogP contribution in [0.3, 0.4) is 0 Å². The highest BCUT2D eigenvalue weighted by molar-refractivity contribution is 6.31. The highest BCUT2D eigenvalue weighted by atomic mass is 35.5. The normalized spacial score (nSPS) is 16.3. The monoisotopic (exact) mass is 714 g/mol. The number of fused-ring (bicyclic) bond motifs is 1. The number of nitrogens with one attached hydrogen (secondary N) is 2. The van der Waals surface area contributed by atoms with Crippen LogP contribution >= 0.6 is 11.6 Å². The number of hydrogen-bond acceptors (Lipinski definition) is 6. The summed E-state index contributed by atoms with van der Waals surface area (Å²) in [6.07, 6.45) is 4.35. The van der Waals surface area contributed by atoms with Crippen molar-refractivity contribution in [1.82, 2.24) is 4.57 Å². The lowest BCUT2D eigenvalue weighted by Crippen LogP contribution is -2.40. The Bertz CT molecular complexity index is 2160. The summed E-state index contributed by atoms with van der Waals surface area (Å²) in [5.41, 5.74) is 4.40. The van der Waals surface area contributed by atoms with Crippen LogP contribution in [-0.4, -0.2) is 27.3 Å². The molecule has 1 aliphatic heterocycles. The second kappa shape index (κ2) is 14.4. The second-order valence-electron chi connectivity index (χ2n) is 13.9. The van der Waals surface area contributed by atoms with E-state index in [0.29, 0.717) is 57.7 Å². The number of amides is 2. The maximum atomic E-state index is 14.5. The van der Waals surface area contributed by atoms with Crippen molar-refractivity contribution in [2.24, 2.45) is 5.41 Å². The van der Waals surface area contributed by atoms with Gasteiger partial charge in [0.2, 0.25) is 11.8 Å². The molecule has 9 nitrogen and oxygen atoms in total. The number of anilines is 3. The van der Waals surface area contributed by atoms with Gasteiger partial charge in [0.05, 0.1) is 11.7 Å². The number of hydrogen-bond donors (Lipinski definition) is 3. The van der Waals surface area contributed by atoms with Gasteiger partial charge in [-0.25, -0.2) is 0 Å². The number of rotatable bonds is 9. The van der Waals surface area contributed by atoms with Crippen LogP contribution < -0.4 is 20.3 Å². The number of ether oxygens (including phenoxy) is 1.